The Hall–Kier alpha value is -4.59. The van der Waals surface area contributed by atoms with Gasteiger partial charge in [-0.05, 0) is 75.6 Å². The topological polar surface area (TPSA) is 161 Å². The molecule has 244 valence electrons. The highest BCUT2D eigenvalue weighted by Gasteiger charge is 2.42. The number of anilines is 4. The Kier molecular flexibility index (Phi) is 8.89. The van der Waals surface area contributed by atoms with Crippen LogP contribution in [0.3, 0.4) is 0 Å². The third-order valence-corrected chi connectivity index (χ3v) is 8.69. The highest BCUT2D eigenvalue weighted by molar-refractivity contribution is 6.06. The maximum Gasteiger partial charge on any atom is 0.407 e. The maximum atomic E-state index is 15.0. The van der Waals surface area contributed by atoms with Gasteiger partial charge in [0.25, 0.3) is 5.91 Å². The van der Waals surface area contributed by atoms with Gasteiger partial charge in [-0.15, -0.1) is 0 Å². The number of alkyl carbamates (subject to hydrolysis) is 1. The first-order valence-electron chi connectivity index (χ1n) is 15.7. The first-order valence-corrected chi connectivity index (χ1v) is 15.7. The van der Waals surface area contributed by atoms with Crippen molar-refractivity contribution in [2.24, 2.45) is 17.8 Å². The molecule has 46 heavy (non-hydrogen) atoms. The number of piperidine rings is 1. The number of carbonyl (C=O) groups is 2. The fourth-order valence-corrected chi connectivity index (χ4v) is 6.56. The van der Waals surface area contributed by atoms with Crippen molar-refractivity contribution in [1.82, 2.24) is 25.3 Å². The highest BCUT2D eigenvalue weighted by Crippen LogP contribution is 2.44. The number of amides is 2. The van der Waals surface area contributed by atoms with E-state index in [-0.39, 0.29) is 22.9 Å². The number of ether oxygens (including phenoxy) is 2. The van der Waals surface area contributed by atoms with E-state index in [9.17, 15) is 14.0 Å². The number of morpholine rings is 1. The summed E-state index contributed by atoms with van der Waals surface area (Å²) in [5, 5.41) is 5.82. The van der Waals surface area contributed by atoms with Crippen molar-refractivity contribution in [3.05, 3.63) is 48.2 Å². The maximum absolute atomic E-state index is 15.0. The van der Waals surface area contributed by atoms with Crippen LogP contribution in [0.5, 0.6) is 0 Å². The van der Waals surface area contributed by atoms with Crippen molar-refractivity contribution >= 4 is 35.1 Å². The Morgan fingerprint density at radius 2 is 1.80 bits per heavy atom. The Morgan fingerprint density at radius 3 is 2.52 bits per heavy atom. The van der Waals surface area contributed by atoms with Gasteiger partial charge < -0.3 is 35.6 Å². The second-order valence-corrected chi connectivity index (χ2v) is 13.0. The third kappa shape index (κ3) is 6.96. The van der Waals surface area contributed by atoms with Crippen LogP contribution in [0.15, 0.2) is 36.7 Å². The van der Waals surface area contributed by atoms with Gasteiger partial charge in [0.1, 0.15) is 22.8 Å². The molecule has 3 aromatic rings. The van der Waals surface area contributed by atoms with Gasteiger partial charge in [0, 0.05) is 38.9 Å². The molecule has 1 saturated carbocycles. The van der Waals surface area contributed by atoms with Gasteiger partial charge in [0.05, 0.1) is 25.1 Å². The van der Waals surface area contributed by atoms with E-state index in [1.54, 1.807) is 12.3 Å². The lowest BCUT2D eigenvalue weighted by Gasteiger charge is -2.39. The Morgan fingerprint density at radius 1 is 1.07 bits per heavy atom. The fourth-order valence-electron chi connectivity index (χ4n) is 6.56. The molecule has 0 spiro atoms. The van der Waals surface area contributed by atoms with E-state index in [0.29, 0.717) is 62.2 Å². The standard InChI is InChI=1S/C32H40FN9O4/c1-32(2,3)46-31(44)37-15-21-19-6-7-20(21)18-42(17-19)24-5-4-10-35-29(24)40-30(43)27-28(34)36-16-23(38-27)26-22(33)8-9-25(39-26)41-11-13-45-14-12-41/h4-5,8-10,16,19-21H,6-7,11-15,17-18H2,1-3H3,(H2,34,36)(H,37,44)(H,35,40,43)/t19-,20+,21?. The molecule has 13 nitrogen and oxygen atoms in total. The zero-order chi connectivity index (χ0) is 32.4. The molecule has 1 unspecified atom stereocenters. The number of pyridine rings is 2. The van der Waals surface area contributed by atoms with Crippen molar-refractivity contribution in [1.29, 1.82) is 0 Å². The van der Waals surface area contributed by atoms with E-state index < -0.39 is 23.4 Å². The molecule has 1 aliphatic carbocycles. The summed E-state index contributed by atoms with van der Waals surface area (Å²) in [6.45, 7) is 9.99. The number of aromatic nitrogens is 4. The molecule has 2 aliphatic heterocycles. The summed E-state index contributed by atoms with van der Waals surface area (Å²) in [4.78, 5) is 47.6. The minimum Gasteiger partial charge on any atom is -0.444 e. The zero-order valence-electron chi connectivity index (χ0n) is 26.3. The average Bonchev–Trinajstić information content (AvgIpc) is 3.26. The molecule has 2 amide bonds. The van der Waals surface area contributed by atoms with Crippen molar-refractivity contribution in [3.63, 3.8) is 0 Å². The van der Waals surface area contributed by atoms with E-state index in [4.69, 9.17) is 15.2 Å². The normalized spacial score (nSPS) is 21.2. The van der Waals surface area contributed by atoms with Crippen molar-refractivity contribution in [3.8, 4) is 11.4 Å². The molecule has 3 fully saturated rings. The zero-order valence-corrected chi connectivity index (χ0v) is 26.3. The molecule has 3 aromatic heterocycles. The van der Waals surface area contributed by atoms with Gasteiger partial charge in [-0.1, -0.05) is 0 Å². The number of fused-ring (bicyclic) bond motifs is 2. The van der Waals surface area contributed by atoms with E-state index in [1.807, 2.05) is 37.8 Å². The number of halogens is 1. The van der Waals surface area contributed by atoms with Crippen LogP contribution >= 0.6 is 0 Å². The molecular formula is C32H40FN9O4. The van der Waals surface area contributed by atoms with Crippen molar-refractivity contribution in [2.75, 3.05) is 66.8 Å². The second-order valence-electron chi connectivity index (χ2n) is 13.0. The number of carbonyl (C=O) groups excluding carboxylic acids is 2. The number of rotatable bonds is 7. The summed E-state index contributed by atoms with van der Waals surface area (Å²) < 4.78 is 25.8. The molecule has 2 bridgehead atoms. The largest absolute Gasteiger partial charge is 0.444 e. The van der Waals surface area contributed by atoms with E-state index in [2.05, 4.69) is 35.5 Å². The number of nitrogen functional groups attached to an aromatic ring is 1. The summed E-state index contributed by atoms with van der Waals surface area (Å²) >= 11 is 0. The molecule has 3 aliphatic rings. The van der Waals surface area contributed by atoms with Gasteiger partial charge in [-0.3, -0.25) is 4.79 Å². The number of hydrogen-bond donors (Lipinski definition) is 3. The first-order chi connectivity index (χ1) is 22.1. The number of nitrogens with two attached hydrogens (primary N) is 1. The molecule has 0 aromatic carbocycles. The second kappa shape index (κ2) is 13.0. The number of hydrogen-bond acceptors (Lipinski definition) is 11. The lowest BCUT2D eigenvalue weighted by atomic mass is 9.85. The molecule has 14 heteroatoms. The first kappa shape index (κ1) is 31.4. The molecule has 4 N–H and O–H groups in total. The quantitative estimate of drug-likeness (QED) is 0.348. The van der Waals surface area contributed by atoms with E-state index >= 15 is 0 Å². The minimum absolute atomic E-state index is 0.0245. The molecule has 2 saturated heterocycles. The van der Waals surface area contributed by atoms with Crippen LogP contribution in [0.4, 0.5) is 32.3 Å². The predicted molar refractivity (Wildman–Crippen MR) is 171 cm³/mol. The molecular weight excluding hydrogens is 593 g/mol. The monoisotopic (exact) mass is 633 g/mol. The molecule has 3 atom stereocenters. The lowest BCUT2D eigenvalue weighted by Crippen LogP contribution is -2.47. The molecule has 0 radical (unpaired) electrons. The van der Waals surface area contributed by atoms with Gasteiger partial charge in [0.15, 0.2) is 23.1 Å². The Labute approximate surface area is 267 Å². The summed E-state index contributed by atoms with van der Waals surface area (Å²) in [6, 6.07) is 6.68. The van der Waals surface area contributed by atoms with Crippen LogP contribution in [0.1, 0.15) is 44.1 Å². The van der Waals surface area contributed by atoms with E-state index in [0.717, 1.165) is 31.6 Å². The number of nitrogens with one attached hydrogen (secondary N) is 2. The molecule has 5 heterocycles. The van der Waals surface area contributed by atoms with Crippen LogP contribution in [0.2, 0.25) is 0 Å². The van der Waals surface area contributed by atoms with Crippen LogP contribution in [-0.4, -0.2) is 83.5 Å². The fraction of sp³-hybridized carbons (Fsp3) is 0.500. The van der Waals surface area contributed by atoms with E-state index in [1.165, 1.54) is 12.3 Å². The van der Waals surface area contributed by atoms with Crippen LogP contribution in [0, 0.1) is 23.6 Å². The SMILES string of the molecule is CC(C)(C)OC(=O)NCC1[C@@H]2CC[C@H]1CN(c1cccnc1NC(=O)c1nc(-c3nc(N4CCOCC4)ccc3F)cnc1N)C2. The lowest BCUT2D eigenvalue weighted by molar-refractivity contribution is 0.0508. The van der Waals surface area contributed by atoms with Gasteiger partial charge in [0.2, 0.25) is 0 Å². The third-order valence-electron chi connectivity index (χ3n) is 8.69. The summed E-state index contributed by atoms with van der Waals surface area (Å²) in [7, 11) is 0. The smallest absolute Gasteiger partial charge is 0.407 e. The average molecular weight is 634 g/mol. The predicted octanol–water partition coefficient (Wildman–Crippen LogP) is 3.73. The van der Waals surface area contributed by atoms with Gasteiger partial charge in [-0.2, -0.15) is 0 Å². The van der Waals surface area contributed by atoms with Crippen molar-refractivity contribution in [2.45, 2.75) is 39.2 Å². The van der Waals surface area contributed by atoms with Crippen LogP contribution in [0.25, 0.3) is 11.4 Å². The van der Waals surface area contributed by atoms with Crippen LogP contribution in [-0.2, 0) is 9.47 Å². The summed E-state index contributed by atoms with van der Waals surface area (Å²) in [5.41, 5.74) is 6.23. The van der Waals surface area contributed by atoms with Gasteiger partial charge >= 0.3 is 6.09 Å². The summed E-state index contributed by atoms with van der Waals surface area (Å²) in [6.07, 6.45) is 4.62. The Bertz CT molecular complexity index is 1580. The summed E-state index contributed by atoms with van der Waals surface area (Å²) in [5.74, 6) is 0.720. The number of nitrogens with zero attached hydrogens (tertiary/aromatic N) is 6. The minimum atomic E-state index is -0.615. The van der Waals surface area contributed by atoms with Gasteiger partial charge in [-0.25, -0.2) is 29.1 Å². The highest BCUT2D eigenvalue weighted by atomic mass is 19.1. The van der Waals surface area contributed by atoms with Crippen molar-refractivity contribution < 1.29 is 23.5 Å². The molecule has 6 rings (SSSR count). The van der Waals surface area contributed by atoms with Crippen LogP contribution < -0.4 is 26.2 Å². The Balaban J connectivity index is 1.16.